The van der Waals surface area contributed by atoms with E-state index in [9.17, 15) is 0 Å². The molecule has 2 heterocycles. The Kier molecular flexibility index (Phi) is 3.96. The second-order valence-electron chi connectivity index (χ2n) is 3.50. The number of aromatic nitrogens is 1. The van der Waals surface area contributed by atoms with Gasteiger partial charge in [0.1, 0.15) is 0 Å². The third-order valence-electron chi connectivity index (χ3n) is 2.37. The highest BCUT2D eigenvalue weighted by Crippen LogP contribution is 2.19. The van der Waals surface area contributed by atoms with Crippen LogP contribution in [0.2, 0.25) is 0 Å². The molecule has 1 N–H and O–H groups in total. The number of pyridine rings is 1. The third-order valence-corrected chi connectivity index (χ3v) is 2.37. The van der Waals surface area contributed by atoms with Crippen LogP contribution in [0.3, 0.4) is 0 Å². The van der Waals surface area contributed by atoms with Crippen LogP contribution in [0, 0.1) is 0 Å². The largest absolute Gasteiger partial charge is 0.493 e. The lowest BCUT2D eigenvalue weighted by Gasteiger charge is -2.23. The number of nitrogens with one attached hydrogen (secondary N) is 1. The van der Waals surface area contributed by atoms with Crippen molar-refractivity contribution in [1.82, 2.24) is 4.98 Å². The van der Waals surface area contributed by atoms with Crippen LogP contribution in [0.4, 0.5) is 5.82 Å². The first-order chi connectivity index (χ1) is 7.90. The monoisotopic (exact) mass is 224 g/mol. The SMILES string of the molecule is COc1cccnc1NCC1COCCO1. The number of methoxy groups -OCH3 is 1. The van der Waals surface area contributed by atoms with E-state index in [-0.39, 0.29) is 6.10 Å². The first-order valence-electron chi connectivity index (χ1n) is 5.32. The van der Waals surface area contributed by atoms with Gasteiger partial charge in [0.15, 0.2) is 11.6 Å². The topological polar surface area (TPSA) is 52.6 Å². The Morgan fingerprint density at radius 1 is 1.56 bits per heavy atom. The normalized spacial score (nSPS) is 20.4. The number of hydrogen-bond donors (Lipinski definition) is 1. The lowest BCUT2D eigenvalue weighted by atomic mass is 10.3. The molecule has 0 saturated carbocycles. The van der Waals surface area contributed by atoms with Crippen LogP contribution in [0.25, 0.3) is 0 Å². The van der Waals surface area contributed by atoms with Gasteiger partial charge in [0, 0.05) is 12.7 Å². The third kappa shape index (κ3) is 2.84. The maximum Gasteiger partial charge on any atom is 0.168 e. The van der Waals surface area contributed by atoms with E-state index in [1.54, 1.807) is 13.3 Å². The highest BCUT2D eigenvalue weighted by atomic mass is 16.6. The van der Waals surface area contributed by atoms with E-state index < -0.39 is 0 Å². The second-order valence-corrected chi connectivity index (χ2v) is 3.50. The zero-order chi connectivity index (χ0) is 11.2. The van der Waals surface area contributed by atoms with E-state index in [1.165, 1.54) is 0 Å². The molecule has 1 aromatic heterocycles. The fourth-order valence-corrected chi connectivity index (χ4v) is 1.55. The van der Waals surface area contributed by atoms with Crippen molar-refractivity contribution in [2.24, 2.45) is 0 Å². The molecule has 1 aromatic rings. The fourth-order valence-electron chi connectivity index (χ4n) is 1.55. The van der Waals surface area contributed by atoms with E-state index >= 15 is 0 Å². The molecule has 5 heteroatoms. The molecule has 1 saturated heterocycles. The Balaban J connectivity index is 1.88. The fraction of sp³-hybridized carbons (Fsp3) is 0.545. The van der Waals surface area contributed by atoms with Crippen molar-refractivity contribution in [3.05, 3.63) is 18.3 Å². The summed E-state index contributed by atoms with van der Waals surface area (Å²) >= 11 is 0. The van der Waals surface area contributed by atoms with Gasteiger partial charge >= 0.3 is 0 Å². The molecule has 0 aliphatic carbocycles. The van der Waals surface area contributed by atoms with Crippen LogP contribution in [0.15, 0.2) is 18.3 Å². The maximum atomic E-state index is 5.52. The summed E-state index contributed by atoms with van der Waals surface area (Å²) in [5.41, 5.74) is 0. The van der Waals surface area contributed by atoms with Crippen LogP contribution in [0.1, 0.15) is 0 Å². The Morgan fingerprint density at radius 3 is 3.25 bits per heavy atom. The molecule has 1 aliphatic rings. The minimum atomic E-state index is 0.0838. The number of nitrogens with zero attached hydrogens (tertiary/aromatic N) is 1. The number of hydrogen-bond acceptors (Lipinski definition) is 5. The molecule has 0 aromatic carbocycles. The smallest absolute Gasteiger partial charge is 0.168 e. The molecular weight excluding hydrogens is 208 g/mol. The second kappa shape index (κ2) is 5.67. The van der Waals surface area contributed by atoms with Crippen LogP contribution in [0.5, 0.6) is 5.75 Å². The van der Waals surface area contributed by atoms with Crippen molar-refractivity contribution in [1.29, 1.82) is 0 Å². The molecule has 1 aliphatic heterocycles. The zero-order valence-corrected chi connectivity index (χ0v) is 9.31. The summed E-state index contributed by atoms with van der Waals surface area (Å²) in [6.45, 7) is 2.64. The molecule has 16 heavy (non-hydrogen) atoms. The van der Waals surface area contributed by atoms with Gasteiger partial charge in [-0.15, -0.1) is 0 Å². The van der Waals surface area contributed by atoms with Crippen molar-refractivity contribution >= 4 is 5.82 Å². The summed E-state index contributed by atoms with van der Waals surface area (Å²) in [4.78, 5) is 4.20. The van der Waals surface area contributed by atoms with Gasteiger partial charge in [-0.25, -0.2) is 4.98 Å². The van der Waals surface area contributed by atoms with E-state index in [4.69, 9.17) is 14.2 Å². The molecule has 5 nitrogen and oxygen atoms in total. The average molecular weight is 224 g/mol. The average Bonchev–Trinajstić information content (AvgIpc) is 2.38. The van der Waals surface area contributed by atoms with Crippen molar-refractivity contribution in [2.75, 3.05) is 38.8 Å². The minimum absolute atomic E-state index is 0.0838. The van der Waals surface area contributed by atoms with E-state index in [0.29, 0.717) is 26.4 Å². The molecule has 0 amide bonds. The van der Waals surface area contributed by atoms with Gasteiger partial charge in [-0.3, -0.25) is 0 Å². The lowest BCUT2D eigenvalue weighted by Crippen LogP contribution is -2.34. The van der Waals surface area contributed by atoms with Gasteiger partial charge < -0.3 is 19.5 Å². The molecule has 88 valence electrons. The van der Waals surface area contributed by atoms with Gasteiger partial charge in [-0.05, 0) is 12.1 Å². The quantitative estimate of drug-likeness (QED) is 0.824. The van der Waals surface area contributed by atoms with Crippen molar-refractivity contribution < 1.29 is 14.2 Å². The number of rotatable bonds is 4. The van der Waals surface area contributed by atoms with Gasteiger partial charge in [-0.1, -0.05) is 0 Å². The van der Waals surface area contributed by atoms with Crippen molar-refractivity contribution in [2.45, 2.75) is 6.10 Å². The van der Waals surface area contributed by atoms with E-state index in [1.807, 2.05) is 12.1 Å². The highest BCUT2D eigenvalue weighted by molar-refractivity contribution is 5.49. The molecule has 0 radical (unpaired) electrons. The molecule has 0 bridgehead atoms. The summed E-state index contributed by atoms with van der Waals surface area (Å²) in [6.07, 6.45) is 1.81. The molecule has 2 rings (SSSR count). The standard InChI is InChI=1S/C11H16N2O3/c1-14-10-3-2-4-12-11(10)13-7-9-8-15-5-6-16-9/h2-4,9H,5-8H2,1H3,(H,12,13). The first kappa shape index (κ1) is 11.2. The number of ether oxygens (including phenoxy) is 3. The predicted octanol–water partition coefficient (Wildman–Crippen LogP) is 0.917. The van der Waals surface area contributed by atoms with Crippen LogP contribution in [-0.2, 0) is 9.47 Å². The Bertz CT molecular complexity index is 327. The summed E-state index contributed by atoms with van der Waals surface area (Å²) < 4.78 is 16.0. The van der Waals surface area contributed by atoms with Crippen LogP contribution in [-0.4, -0.2) is 44.6 Å². The van der Waals surface area contributed by atoms with Gasteiger partial charge in [0.2, 0.25) is 0 Å². The summed E-state index contributed by atoms with van der Waals surface area (Å²) in [5, 5.41) is 3.19. The molecule has 0 spiro atoms. The van der Waals surface area contributed by atoms with Crippen molar-refractivity contribution in [3.8, 4) is 5.75 Å². The van der Waals surface area contributed by atoms with Gasteiger partial charge in [0.25, 0.3) is 0 Å². The maximum absolute atomic E-state index is 5.52. The first-order valence-corrected chi connectivity index (χ1v) is 5.32. The van der Waals surface area contributed by atoms with Crippen LogP contribution < -0.4 is 10.1 Å². The Hall–Kier alpha value is -1.33. The van der Waals surface area contributed by atoms with Crippen LogP contribution >= 0.6 is 0 Å². The Morgan fingerprint density at radius 2 is 2.50 bits per heavy atom. The predicted molar refractivity (Wildman–Crippen MR) is 59.8 cm³/mol. The molecule has 1 fully saturated rings. The number of anilines is 1. The highest BCUT2D eigenvalue weighted by Gasteiger charge is 2.14. The van der Waals surface area contributed by atoms with E-state index in [0.717, 1.165) is 11.6 Å². The Labute approximate surface area is 94.7 Å². The summed E-state index contributed by atoms with van der Waals surface area (Å²) in [5.74, 6) is 1.47. The molecular formula is C11H16N2O3. The van der Waals surface area contributed by atoms with Crippen molar-refractivity contribution in [3.63, 3.8) is 0 Å². The van der Waals surface area contributed by atoms with E-state index in [2.05, 4.69) is 10.3 Å². The molecule has 1 atom stereocenters. The summed E-state index contributed by atoms with van der Waals surface area (Å²) in [6, 6.07) is 3.71. The zero-order valence-electron chi connectivity index (χ0n) is 9.31. The van der Waals surface area contributed by atoms with Gasteiger partial charge in [0.05, 0.1) is 33.0 Å². The summed E-state index contributed by atoms with van der Waals surface area (Å²) in [7, 11) is 1.63. The lowest BCUT2D eigenvalue weighted by molar-refractivity contribution is -0.0819. The molecule has 1 unspecified atom stereocenters. The minimum Gasteiger partial charge on any atom is -0.493 e. The van der Waals surface area contributed by atoms with Gasteiger partial charge in [-0.2, -0.15) is 0 Å².